The monoisotopic (exact) mass is 271 g/mol. The van der Waals surface area contributed by atoms with Gasteiger partial charge in [0.1, 0.15) is 5.75 Å². The first-order valence-corrected chi connectivity index (χ1v) is 5.89. The van der Waals surface area contributed by atoms with Gasteiger partial charge in [0.25, 0.3) is 0 Å². The number of phenolic OH excluding ortho intramolecular Hbond substituents is 1. The highest BCUT2D eigenvalue weighted by Gasteiger charge is 2.18. The van der Waals surface area contributed by atoms with Gasteiger partial charge in [0.2, 0.25) is 0 Å². The fraction of sp³-hybridized carbons (Fsp3) is 0.500. The van der Waals surface area contributed by atoms with E-state index in [1.54, 1.807) is 0 Å². The first-order chi connectivity index (χ1) is 6.91. The van der Waals surface area contributed by atoms with Crippen molar-refractivity contribution in [3.63, 3.8) is 0 Å². The summed E-state index contributed by atoms with van der Waals surface area (Å²) in [5, 5.41) is 10.1. The molecule has 0 bridgehead atoms. The van der Waals surface area contributed by atoms with Gasteiger partial charge in [-0.25, -0.2) is 0 Å². The molecule has 0 amide bonds. The Morgan fingerprint density at radius 1 is 1.20 bits per heavy atom. The van der Waals surface area contributed by atoms with Crippen LogP contribution in [0.5, 0.6) is 5.75 Å². The normalized spacial score (nSPS) is 12.9. The quantitative estimate of drug-likeness (QED) is 0.868. The molecule has 0 aliphatic carbocycles. The summed E-state index contributed by atoms with van der Waals surface area (Å²) < 4.78 is 1.08. The van der Waals surface area contributed by atoms with Crippen LogP contribution < -0.4 is 5.73 Å². The molecule has 1 aromatic rings. The summed E-state index contributed by atoms with van der Waals surface area (Å²) in [6.07, 6.45) is 0. The van der Waals surface area contributed by atoms with E-state index in [2.05, 4.69) is 15.9 Å². The zero-order valence-electron chi connectivity index (χ0n) is 9.69. The van der Waals surface area contributed by atoms with Gasteiger partial charge < -0.3 is 10.8 Å². The van der Waals surface area contributed by atoms with Crippen molar-refractivity contribution in [1.82, 2.24) is 0 Å². The molecule has 3 N–H and O–H groups in total. The first kappa shape index (κ1) is 12.5. The highest BCUT2D eigenvalue weighted by atomic mass is 79.9. The average Bonchev–Trinajstić information content (AvgIpc) is 2.23. The minimum absolute atomic E-state index is 0.181. The number of hydrogen-bond acceptors (Lipinski definition) is 2. The van der Waals surface area contributed by atoms with Gasteiger partial charge in [-0.2, -0.15) is 0 Å². The molecule has 0 aliphatic rings. The van der Waals surface area contributed by atoms with E-state index in [0.29, 0.717) is 12.3 Å². The van der Waals surface area contributed by atoms with E-state index in [1.165, 1.54) is 0 Å². The molecule has 1 rings (SSSR count). The maximum atomic E-state index is 10.1. The molecule has 1 aromatic carbocycles. The Kier molecular flexibility index (Phi) is 3.79. The van der Waals surface area contributed by atoms with E-state index >= 15 is 0 Å². The maximum absolute atomic E-state index is 10.1. The number of aromatic hydroxyl groups is 1. The van der Waals surface area contributed by atoms with Crippen LogP contribution >= 0.6 is 15.9 Å². The molecule has 0 radical (unpaired) electrons. The lowest BCUT2D eigenvalue weighted by atomic mass is 9.91. The summed E-state index contributed by atoms with van der Waals surface area (Å²) in [5.74, 6) is 0.576. The van der Waals surface area contributed by atoms with Crippen LogP contribution in [-0.4, -0.2) is 11.7 Å². The van der Waals surface area contributed by atoms with Gasteiger partial charge in [-0.05, 0) is 49.9 Å². The van der Waals surface area contributed by atoms with Crippen molar-refractivity contribution in [2.75, 3.05) is 6.54 Å². The van der Waals surface area contributed by atoms with E-state index in [9.17, 15) is 5.11 Å². The molecule has 0 saturated heterocycles. The zero-order valence-corrected chi connectivity index (χ0v) is 11.3. The predicted octanol–water partition coefficient (Wildman–Crippen LogP) is 3.14. The maximum Gasteiger partial charge on any atom is 0.122 e. The average molecular weight is 272 g/mol. The number of hydrogen-bond donors (Lipinski definition) is 2. The molecule has 0 spiro atoms. The van der Waals surface area contributed by atoms with Crippen LogP contribution in [0.15, 0.2) is 4.47 Å². The number of phenols is 1. The van der Waals surface area contributed by atoms with Crippen LogP contribution in [0, 0.1) is 20.8 Å². The topological polar surface area (TPSA) is 46.2 Å². The van der Waals surface area contributed by atoms with Crippen molar-refractivity contribution < 1.29 is 5.11 Å². The van der Waals surface area contributed by atoms with Crippen LogP contribution in [0.3, 0.4) is 0 Å². The molecule has 0 saturated carbocycles. The van der Waals surface area contributed by atoms with E-state index in [1.807, 2.05) is 27.7 Å². The first-order valence-electron chi connectivity index (χ1n) is 5.10. The number of benzene rings is 1. The third-order valence-corrected chi connectivity index (χ3v) is 4.27. The minimum atomic E-state index is 0.181. The Balaban J connectivity index is 3.52. The summed E-state index contributed by atoms with van der Waals surface area (Å²) in [6.45, 7) is 8.52. The van der Waals surface area contributed by atoms with Gasteiger partial charge in [-0.15, -0.1) is 0 Å². The predicted molar refractivity (Wildman–Crippen MR) is 67.5 cm³/mol. The van der Waals surface area contributed by atoms with Crippen molar-refractivity contribution in [2.24, 2.45) is 5.73 Å². The van der Waals surface area contributed by atoms with E-state index in [0.717, 1.165) is 26.7 Å². The van der Waals surface area contributed by atoms with Crippen LogP contribution in [0.2, 0.25) is 0 Å². The summed E-state index contributed by atoms with van der Waals surface area (Å²) >= 11 is 3.56. The van der Waals surface area contributed by atoms with Gasteiger partial charge in [0.15, 0.2) is 0 Å². The summed E-state index contributed by atoms with van der Waals surface area (Å²) in [4.78, 5) is 0. The molecular weight excluding hydrogens is 254 g/mol. The zero-order chi connectivity index (χ0) is 11.7. The molecule has 0 aliphatic heterocycles. The lowest BCUT2D eigenvalue weighted by molar-refractivity contribution is 0.457. The summed E-state index contributed by atoms with van der Waals surface area (Å²) in [6, 6.07) is 0. The molecular formula is C12H18BrNO. The molecule has 3 heteroatoms. The third kappa shape index (κ3) is 2.04. The Morgan fingerprint density at radius 2 is 1.73 bits per heavy atom. The smallest absolute Gasteiger partial charge is 0.122 e. The Bertz CT molecular complexity index is 359. The molecule has 1 unspecified atom stereocenters. The second-order valence-corrected chi connectivity index (χ2v) is 4.88. The lowest BCUT2D eigenvalue weighted by Crippen LogP contribution is -2.11. The number of rotatable bonds is 2. The SMILES string of the molecule is Cc1c(C)c(Br)c(C)c(C(C)CN)c1O. The van der Waals surface area contributed by atoms with Crippen molar-refractivity contribution in [1.29, 1.82) is 0 Å². The van der Waals surface area contributed by atoms with Crippen LogP contribution in [0.25, 0.3) is 0 Å². The molecule has 84 valence electrons. The summed E-state index contributed by atoms with van der Waals surface area (Å²) in [5.41, 5.74) is 9.74. The molecule has 0 fully saturated rings. The number of nitrogens with two attached hydrogens (primary N) is 1. The molecule has 0 heterocycles. The molecule has 0 aromatic heterocycles. The van der Waals surface area contributed by atoms with E-state index in [-0.39, 0.29) is 5.92 Å². The highest BCUT2D eigenvalue weighted by molar-refractivity contribution is 9.10. The van der Waals surface area contributed by atoms with Crippen molar-refractivity contribution in [2.45, 2.75) is 33.6 Å². The van der Waals surface area contributed by atoms with Gasteiger partial charge >= 0.3 is 0 Å². The van der Waals surface area contributed by atoms with Crippen molar-refractivity contribution in [3.05, 3.63) is 26.7 Å². The Labute approximate surface area is 99.6 Å². The minimum Gasteiger partial charge on any atom is -0.507 e. The summed E-state index contributed by atoms with van der Waals surface area (Å²) in [7, 11) is 0. The number of halogens is 1. The van der Waals surface area contributed by atoms with Gasteiger partial charge in [0.05, 0.1) is 0 Å². The lowest BCUT2D eigenvalue weighted by Gasteiger charge is -2.19. The molecule has 15 heavy (non-hydrogen) atoms. The van der Waals surface area contributed by atoms with E-state index < -0.39 is 0 Å². The fourth-order valence-electron chi connectivity index (χ4n) is 1.84. The Morgan fingerprint density at radius 3 is 2.20 bits per heavy atom. The largest absolute Gasteiger partial charge is 0.507 e. The highest BCUT2D eigenvalue weighted by Crippen LogP contribution is 2.38. The van der Waals surface area contributed by atoms with Crippen LogP contribution in [0.4, 0.5) is 0 Å². The van der Waals surface area contributed by atoms with Gasteiger partial charge in [-0.1, -0.05) is 22.9 Å². The Hall–Kier alpha value is -0.540. The van der Waals surface area contributed by atoms with Crippen LogP contribution in [-0.2, 0) is 0 Å². The fourth-order valence-corrected chi connectivity index (χ4v) is 2.35. The van der Waals surface area contributed by atoms with Crippen LogP contribution in [0.1, 0.15) is 35.1 Å². The van der Waals surface area contributed by atoms with Crippen molar-refractivity contribution in [3.8, 4) is 5.75 Å². The standard InChI is InChI=1S/C12H18BrNO/c1-6(5-14)10-9(4)11(13)7(2)8(3)12(10)15/h6,15H,5,14H2,1-4H3. The van der Waals surface area contributed by atoms with Crippen molar-refractivity contribution >= 4 is 15.9 Å². The van der Waals surface area contributed by atoms with Gasteiger partial charge in [0, 0.05) is 10.0 Å². The third-order valence-electron chi connectivity index (χ3n) is 3.08. The second kappa shape index (κ2) is 4.54. The second-order valence-electron chi connectivity index (χ2n) is 4.09. The van der Waals surface area contributed by atoms with E-state index in [4.69, 9.17) is 5.73 Å². The molecule has 2 nitrogen and oxygen atoms in total. The molecule has 1 atom stereocenters. The van der Waals surface area contributed by atoms with Gasteiger partial charge in [-0.3, -0.25) is 0 Å².